The van der Waals surface area contributed by atoms with Crippen LogP contribution >= 0.6 is 0 Å². The largest absolute Gasteiger partial charge is 0.463 e. The summed E-state index contributed by atoms with van der Waals surface area (Å²) < 4.78 is 5.42. The summed E-state index contributed by atoms with van der Waals surface area (Å²) in [6, 6.07) is 12.6. The molecular weight excluding hydrogens is 262 g/mol. The number of aromatic nitrogens is 1. The molecule has 0 amide bonds. The molecule has 106 valence electrons. The van der Waals surface area contributed by atoms with E-state index < -0.39 is 0 Å². The lowest BCUT2D eigenvalue weighted by Gasteiger charge is -2.29. The van der Waals surface area contributed by atoms with Crippen molar-refractivity contribution in [1.82, 2.24) is 10.3 Å². The zero-order chi connectivity index (χ0) is 14.1. The quantitative estimate of drug-likeness (QED) is 0.783. The van der Waals surface area contributed by atoms with Crippen LogP contribution in [-0.4, -0.2) is 31.2 Å². The number of benzene rings is 1. The van der Waals surface area contributed by atoms with Crippen molar-refractivity contribution in [2.45, 2.75) is 0 Å². The average Bonchev–Trinajstić information content (AvgIpc) is 3.03. The first-order valence-corrected chi connectivity index (χ1v) is 7.29. The summed E-state index contributed by atoms with van der Waals surface area (Å²) in [6.07, 6.45) is 3.58. The molecule has 0 atom stereocenters. The van der Waals surface area contributed by atoms with Crippen LogP contribution in [0.5, 0.6) is 0 Å². The Balaban J connectivity index is 1.62. The predicted octanol–water partition coefficient (Wildman–Crippen LogP) is 2.90. The van der Waals surface area contributed by atoms with E-state index in [9.17, 15) is 0 Å². The van der Waals surface area contributed by atoms with Crippen molar-refractivity contribution in [2.75, 3.05) is 31.1 Å². The molecule has 0 unspecified atom stereocenters. The maximum absolute atomic E-state index is 5.42. The van der Waals surface area contributed by atoms with Crippen molar-refractivity contribution in [3.63, 3.8) is 0 Å². The van der Waals surface area contributed by atoms with Gasteiger partial charge in [-0.25, -0.2) is 0 Å². The molecule has 1 N–H and O–H groups in total. The zero-order valence-electron chi connectivity index (χ0n) is 11.7. The number of nitrogens with one attached hydrogen (secondary N) is 1. The zero-order valence-corrected chi connectivity index (χ0v) is 11.7. The van der Waals surface area contributed by atoms with Crippen molar-refractivity contribution in [3.8, 4) is 11.1 Å². The number of pyridine rings is 1. The number of anilines is 1. The molecule has 0 bridgehead atoms. The van der Waals surface area contributed by atoms with Crippen LogP contribution < -0.4 is 10.2 Å². The van der Waals surface area contributed by atoms with Gasteiger partial charge in [0.15, 0.2) is 5.58 Å². The highest BCUT2D eigenvalue weighted by Crippen LogP contribution is 2.25. The number of fused-ring (bicyclic) bond motifs is 1. The standard InChI is InChI=1S/C17H17N3O/c1-3-15(20-8-6-18-7-9-20)4-2-13(1)14-11-17-16(19-12-14)5-10-21-17/h1-5,10-12,18H,6-9H2. The summed E-state index contributed by atoms with van der Waals surface area (Å²) in [6.45, 7) is 4.25. The van der Waals surface area contributed by atoms with Crippen LogP contribution in [0.2, 0.25) is 0 Å². The van der Waals surface area contributed by atoms with E-state index in [1.54, 1.807) is 6.26 Å². The summed E-state index contributed by atoms with van der Waals surface area (Å²) in [4.78, 5) is 6.83. The monoisotopic (exact) mass is 279 g/mol. The Bertz CT molecular complexity index is 742. The molecule has 2 aromatic heterocycles. The highest BCUT2D eigenvalue weighted by atomic mass is 16.3. The van der Waals surface area contributed by atoms with E-state index in [0.29, 0.717) is 0 Å². The topological polar surface area (TPSA) is 41.3 Å². The van der Waals surface area contributed by atoms with Gasteiger partial charge in [-0.1, -0.05) is 12.1 Å². The molecule has 21 heavy (non-hydrogen) atoms. The Morgan fingerprint density at radius 3 is 2.62 bits per heavy atom. The van der Waals surface area contributed by atoms with Gasteiger partial charge in [-0.3, -0.25) is 4.98 Å². The minimum Gasteiger partial charge on any atom is -0.463 e. The number of rotatable bonds is 2. The van der Waals surface area contributed by atoms with Gasteiger partial charge in [-0.05, 0) is 23.8 Å². The fourth-order valence-electron chi connectivity index (χ4n) is 2.79. The normalized spacial score (nSPS) is 15.5. The first kappa shape index (κ1) is 12.4. The summed E-state index contributed by atoms with van der Waals surface area (Å²) >= 11 is 0. The molecule has 0 spiro atoms. The third kappa shape index (κ3) is 2.38. The highest BCUT2D eigenvalue weighted by molar-refractivity contribution is 5.79. The van der Waals surface area contributed by atoms with Crippen LogP contribution in [0.4, 0.5) is 5.69 Å². The molecule has 1 saturated heterocycles. The van der Waals surface area contributed by atoms with Gasteiger partial charge in [0.25, 0.3) is 0 Å². The van der Waals surface area contributed by atoms with Crippen LogP contribution in [0.15, 0.2) is 53.3 Å². The summed E-state index contributed by atoms with van der Waals surface area (Å²) in [5.41, 5.74) is 5.27. The third-order valence-electron chi connectivity index (χ3n) is 3.99. The second-order valence-electron chi connectivity index (χ2n) is 5.31. The Morgan fingerprint density at radius 1 is 1.00 bits per heavy atom. The number of furan rings is 1. The lowest BCUT2D eigenvalue weighted by atomic mass is 10.1. The van der Waals surface area contributed by atoms with Crippen molar-refractivity contribution < 1.29 is 4.42 Å². The average molecular weight is 279 g/mol. The van der Waals surface area contributed by atoms with E-state index in [1.165, 1.54) is 11.3 Å². The van der Waals surface area contributed by atoms with Crippen LogP contribution in [0.25, 0.3) is 22.2 Å². The third-order valence-corrected chi connectivity index (χ3v) is 3.99. The van der Waals surface area contributed by atoms with Gasteiger partial charge < -0.3 is 14.6 Å². The Kier molecular flexibility index (Phi) is 3.09. The number of hydrogen-bond acceptors (Lipinski definition) is 4. The SMILES string of the molecule is c1cc2ncc(-c3ccc(N4CCNCC4)cc3)cc2o1. The Hall–Kier alpha value is -2.33. The number of nitrogens with zero attached hydrogens (tertiary/aromatic N) is 2. The van der Waals surface area contributed by atoms with Crippen LogP contribution in [0, 0.1) is 0 Å². The Labute approximate surface area is 123 Å². The molecular formula is C17H17N3O. The molecule has 0 saturated carbocycles. The van der Waals surface area contributed by atoms with Crippen molar-refractivity contribution in [3.05, 3.63) is 48.9 Å². The maximum Gasteiger partial charge on any atom is 0.152 e. The minimum atomic E-state index is 0.832. The van der Waals surface area contributed by atoms with E-state index >= 15 is 0 Å². The summed E-state index contributed by atoms with van der Waals surface area (Å²) in [7, 11) is 0. The van der Waals surface area contributed by atoms with E-state index in [0.717, 1.165) is 42.8 Å². The maximum atomic E-state index is 5.42. The first-order valence-electron chi connectivity index (χ1n) is 7.29. The molecule has 4 nitrogen and oxygen atoms in total. The predicted molar refractivity (Wildman–Crippen MR) is 84.5 cm³/mol. The lowest BCUT2D eigenvalue weighted by molar-refractivity contribution is 0.589. The Morgan fingerprint density at radius 2 is 1.81 bits per heavy atom. The fraction of sp³-hybridized carbons (Fsp3) is 0.235. The molecule has 3 aromatic rings. The summed E-state index contributed by atoms with van der Waals surface area (Å²) in [5.74, 6) is 0. The van der Waals surface area contributed by atoms with Crippen LogP contribution in [0.3, 0.4) is 0 Å². The second-order valence-corrected chi connectivity index (χ2v) is 5.31. The molecule has 4 rings (SSSR count). The van der Waals surface area contributed by atoms with Gasteiger partial charge in [-0.15, -0.1) is 0 Å². The number of hydrogen-bond donors (Lipinski definition) is 1. The second kappa shape index (κ2) is 5.22. The van der Waals surface area contributed by atoms with E-state index in [-0.39, 0.29) is 0 Å². The fourth-order valence-corrected chi connectivity index (χ4v) is 2.79. The van der Waals surface area contributed by atoms with Gasteiger partial charge in [0.1, 0.15) is 5.52 Å². The minimum absolute atomic E-state index is 0.832. The molecule has 1 aliphatic heterocycles. The molecule has 0 radical (unpaired) electrons. The van der Waals surface area contributed by atoms with Gasteiger partial charge in [0.2, 0.25) is 0 Å². The molecule has 3 heterocycles. The van der Waals surface area contributed by atoms with E-state index in [2.05, 4.69) is 39.5 Å². The van der Waals surface area contributed by atoms with Gasteiger partial charge in [0, 0.05) is 49.7 Å². The smallest absolute Gasteiger partial charge is 0.152 e. The lowest BCUT2D eigenvalue weighted by Crippen LogP contribution is -2.43. The van der Waals surface area contributed by atoms with Gasteiger partial charge in [-0.2, -0.15) is 0 Å². The van der Waals surface area contributed by atoms with Crippen LogP contribution in [0.1, 0.15) is 0 Å². The highest BCUT2D eigenvalue weighted by Gasteiger charge is 2.10. The molecule has 1 aromatic carbocycles. The van der Waals surface area contributed by atoms with Crippen molar-refractivity contribution in [2.24, 2.45) is 0 Å². The molecule has 4 heteroatoms. The van der Waals surface area contributed by atoms with Crippen molar-refractivity contribution >= 4 is 16.8 Å². The first-order chi connectivity index (χ1) is 10.4. The summed E-state index contributed by atoms with van der Waals surface area (Å²) in [5, 5.41) is 3.38. The van der Waals surface area contributed by atoms with Crippen molar-refractivity contribution in [1.29, 1.82) is 0 Å². The molecule has 1 fully saturated rings. The van der Waals surface area contributed by atoms with Gasteiger partial charge >= 0.3 is 0 Å². The van der Waals surface area contributed by atoms with E-state index in [1.807, 2.05) is 18.3 Å². The molecule has 0 aliphatic carbocycles. The van der Waals surface area contributed by atoms with Crippen LogP contribution in [-0.2, 0) is 0 Å². The van der Waals surface area contributed by atoms with Gasteiger partial charge in [0.05, 0.1) is 6.26 Å². The number of piperazine rings is 1. The van der Waals surface area contributed by atoms with E-state index in [4.69, 9.17) is 4.42 Å². The molecule has 1 aliphatic rings.